The molecule has 0 heterocycles. The molecule has 18 heavy (non-hydrogen) atoms. The molecule has 0 radical (unpaired) electrons. The van der Waals surface area contributed by atoms with Crippen LogP contribution < -0.4 is 11.1 Å². The van der Waals surface area contributed by atoms with Gasteiger partial charge in [-0.3, -0.25) is 0 Å². The summed E-state index contributed by atoms with van der Waals surface area (Å²) in [6.45, 7) is 3.38. The summed E-state index contributed by atoms with van der Waals surface area (Å²) < 4.78 is 18.7. The van der Waals surface area contributed by atoms with E-state index >= 15 is 0 Å². The van der Waals surface area contributed by atoms with E-state index < -0.39 is 17.8 Å². The fourth-order valence-electron chi connectivity index (χ4n) is 1.21. The van der Waals surface area contributed by atoms with Gasteiger partial charge in [-0.05, 0) is 41.9 Å². The van der Waals surface area contributed by atoms with Crippen LogP contribution in [0.25, 0.3) is 0 Å². The number of anilines is 1. The molecule has 7 heteroatoms. The van der Waals surface area contributed by atoms with Gasteiger partial charge in [0.2, 0.25) is 0 Å². The van der Waals surface area contributed by atoms with Gasteiger partial charge in [0.15, 0.2) is 0 Å². The molecule has 0 atom stereocenters. The molecule has 0 spiro atoms. The van der Waals surface area contributed by atoms with Crippen LogP contribution in [-0.4, -0.2) is 18.1 Å². The van der Waals surface area contributed by atoms with Crippen LogP contribution in [0.1, 0.15) is 24.2 Å². The van der Waals surface area contributed by atoms with Gasteiger partial charge in [-0.1, -0.05) is 0 Å². The zero-order valence-corrected chi connectivity index (χ0v) is 11.4. The normalized spacial score (nSPS) is 10.3. The number of urea groups is 1. The van der Waals surface area contributed by atoms with Crippen LogP contribution >= 0.6 is 15.9 Å². The summed E-state index contributed by atoms with van der Waals surface area (Å²) in [7, 11) is 0. The molecule has 0 saturated heterocycles. The van der Waals surface area contributed by atoms with Crippen molar-refractivity contribution in [2.24, 2.45) is 5.73 Å². The quantitative estimate of drug-likeness (QED) is 0.840. The average molecular weight is 319 g/mol. The van der Waals surface area contributed by atoms with Crippen molar-refractivity contribution < 1.29 is 18.7 Å². The van der Waals surface area contributed by atoms with Crippen LogP contribution in [0.5, 0.6) is 0 Å². The lowest BCUT2D eigenvalue weighted by atomic mass is 10.2. The van der Waals surface area contributed by atoms with Gasteiger partial charge in [0, 0.05) is 4.47 Å². The van der Waals surface area contributed by atoms with Crippen LogP contribution in [0.3, 0.4) is 0 Å². The van der Waals surface area contributed by atoms with E-state index in [9.17, 15) is 14.0 Å². The minimum absolute atomic E-state index is 0.105. The van der Waals surface area contributed by atoms with Gasteiger partial charge in [0.05, 0.1) is 17.4 Å². The molecule has 0 aliphatic heterocycles. The maximum Gasteiger partial charge on any atom is 0.339 e. The van der Waals surface area contributed by atoms with Crippen molar-refractivity contribution in [3.05, 3.63) is 28.0 Å². The molecule has 1 aromatic carbocycles. The first kappa shape index (κ1) is 14.4. The van der Waals surface area contributed by atoms with E-state index in [-0.39, 0.29) is 21.8 Å². The van der Waals surface area contributed by atoms with Gasteiger partial charge in [0.25, 0.3) is 0 Å². The summed E-state index contributed by atoms with van der Waals surface area (Å²) in [5.74, 6) is -1.33. The number of halogens is 2. The van der Waals surface area contributed by atoms with E-state index in [4.69, 9.17) is 10.5 Å². The Kier molecular flexibility index (Phi) is 4.66. The van der Waals surface area contributed by atoms with Crippen LogP contribution in [0, 0.1) is 5.82 Å². The van der Waals surface area contributed by atoms with Gasteiger partial charge in [0.1, 0.15) is 5.82 Å². The number of benzene rings is 1. The van der Waals surface area contributed by atoms with Gasteiger partial charge in [-0.2, -0.15) is 0 Å². The standard InChI is InChI=1S/C11H12BrFN2O3/c1-5(2)18-10(16)6-3-9(15-11(14)17)8(13)4-7(6)12/h3-5H,1-2H3,(H3,14,15,17). The number of hydrogen-bond donors (Lipinski definition) is 2. The summed E-state index contributed by atoms with van der Waals surface area (Å²) in [4.78, 5) is 22.4. The summed E-state index contributed by atoms with van der Waals surface area (Å²) in [5, 5.41) is 2.08. The molecule has 2 amide bonds. The van der Waals surface area contributed by atoms with Crippen LogP contribution in [-0.2, 0) is 4.74 Å². The highest BCUT2D eigenvalue weighted by atomic mass is 79.9. The lowest BCUT2D eigenvalue weighted by Gasteiger charge is -2.11. The predicted octanol–water partition coefficient (Wildman–Crippen LogP) is 2.64. The molecule has 0 fully saturated rings. The number of primary amides is 1. The summed E-state index contributed by atoms with van der Waals surface area (Å²) in [6.07, 6.45) is -0.304. The first-order valence-electron chi connectivity index (χ1n) is 5.07. The Balaban J connectivity index is 3.12. The highest BCUT2D eigenvalue weighted by Gasteiger charge is 2.17. The lowest BCUT2D eigenvalue weighted by Crippen LogP contribution is -2.21. The van der Waals surface area contributed by atoms with Gasteiger partial charge in [-0.15, -0.1) is 0 Å². The number of rotatable bonds is 3. The molecule has 0 unspecified atom stereocenters. The number of nitrogens with two attached hydrogens (primary N) is 1. The zero-order valence-electron chi connectivity index (χ0n) is 9.79. The Morgan fingerprint density at radius 2 is 2.06 bits per heavy atom. The summed E-state index contributed by atoms with van der Waals surface area (Å²) in [5.41, 5.74) is 4.82. The van der Waals surface area contributed by atoms with Gasteiger partial charge in [-0.25, -0.2) is 14.0 Å². The minimum Gasteiger partial charge on any atom is -0.459 e. The fraction of sp³-hybridized carbons (Fsp3) is 0.273. The van der Waals surface area contributed by atoms with Crippen molar-refractivity contribution in [2.75, 3.05) is 5.32 Å². The highest BCUT2D eigenvalue weighted by molar-refractivity contribution is 9.10. The topological polar surface area (TPSA) is 81.4 Å². The Labute approximate surface area is 112 Å². The van der Waals surface area contributed by atoms with Crippen molar-refractivity contribution in [3.8, 4) is 0 Å². The number of nitrogens with one attached hydrogen (secondary N) is 1. The van der Waals surface area contributed by atoms with Crippen LogP contribution in [0.2, 0.25) is 0 Å². The van der Waals surface area contributed by atoms with Crippen molar-refractivity contribution in [1.29, 1.82) is 0 Å². The lowest BCUT2D eigenvalue weighted by molar-refractivity contribution is 0.0377. The van der Waals surface area contributed by atoms with Gasteiger partial charge >= 0.3 is 12.0 Å². The molecule has 5 nitrogen and oxygen atoms in total. The van der Waals surface area contributed by atoms with E-state index in [2.05, 4.69) is 21.2 Å². The number of ether oxygens (including phenoxy) is 1. The Morgan fingerprint density at radius 3 is 2.56 bits per heavy atom. The van der Waals surface area contributed by atoms with E-state index in [0.717, 1.165) is 12.1 Å². The molecule has 1 aromatic rings. The van der Waals surface area contributed by atoms with Crippen molar-refractivity contribution >= 4 is 33.6 Å². The number of amides is 2. The molecule has 0 aliphatic carbocycles. The first-order chi connectivity index (χ1) is 8.31. The largest absolute Gasteiger partial charge is 0.459 e. The second-order valence-corrected chi connectivity index (χ2v) is 4.61. The Bertz CT molecular complexity index is 491. The molecular weight excluding hydrogens is 307 g/mol. The molecule has 0 aliphatic rings. The SMILES string of the molecule is CC(C)OC(=O)c1cc(NC(N)=O)c(F)cc1Br. The molecular formula is C11H12BrFN2O3. The van der Waals surface area contributed by atoms with Gasteiger partial charge < -0.3 is 15.8 Å². The third kappa shape index (κ3) is 3.69. The van der Waals surface area contributed by atoms with E-state index in [1.165, 1.54) is 0 Å². The summed E-state index contributed by atoms with van der Waals surface area (Å²) >= 11 is 3.05. The predicted molar refractivity (Wildman–Crippen MR) is 67.9 cm³/mol. The summed E-state index contributed by atoms with van der Waals surface area (Å²) in [6, 6.07) is 1.30. The number of esters is 1. The van der Waals surface area contributed by atoms with E-state index in [1.807, 2.05) is 0 Å². The molecule has 0 aromatic heterocycles. The maximum absolute atomic E-state index is 13.5. The molecule has 3 N–H and O–H groups in total. The monoisotopic (exact) mass is 318 g/mol. The molecule has 1 rings (SSSR count). The van der Waals surface area contributed by atoms with Crippen LogP contribution in [0.4, 0.5) is 14.9 Å². The van der Waals surface area contributed by atoms with E-state index in [1.54, 1.807) is 13.8 Å². The van der Waals surface area contributed by atoms with Crippen LogP contribution in [0.15, 0.2) is 16.6 Å². The second kappa shape index (κ2) is 5.81. The number of carbonyl (C=O) groups excluding carboxylic acids is 2. The molecule has 0 bridgehead atoms. The number of hydrogen-bond acceptors (Lipinski definition) is 3. The zero-order chi connectivity index (χ0) is 13.9. The maximum atomic E-state index is 13.5. The van der Waals surface area contributed by atoms with Crippen molar-refractivity contribution in [2.45, 2.75) is 20.0 Å². The third-order valence-electron chi connectivity index (χ3n) is 1.88. The van der Waals surface area contributed by atoms with E-state index in [0.29, 0.717) is 0 Å². The molecule has 0 saturated carbocycles. The first-order valence-corrected chi connectivity index (χ1v) is 5.87. The second-order valence-electron chi connectivity index (χ2n) is 3.76. The minimum atomic E-state index is -0.917. The number of carbonyl (C=O) groups is 2. The fourth-order valence-corrected chi connectivity index (χ4v) is 1.69. The molecule has 98 valence electrons. The average Bonchev–Trinajstić information content (AvgIpc) is 2.20. The Hall–Kier alpha value is -1.63. The van der Waals surface area contributed by atoms with Crippen molar-refractivity contribution in [3.63, 3.8) is 0 Å². The third-order valence-corrected chi connectivity index (χ3v) is 2.53. The van der Waals surface area contributed by atoms with Crippen molar-refractivity contribution in [1.82, 2.24) is 0 Å². The highest BCUT2D eigenvalue weighted by Crippen LogP contribution is 2.25. The Morgan fingerprint density at radius 1 is 1.44 bits per heavy atom. The smallest absolute Gasteiger partial charge is 0.339 e.